The molecule has 1 rings (SSSR count). The fourth-order valence-electron chi connectivity index (χ4n) is 0.998. The Hall–Kier alpha value is -1.42. The average molecular weight is 183 g/mol. The van der Waals surface area contributed by atoms with Crippen molar-refractivity contribution in [1.29, 1.82) is 0 Å². The van der Waals surface area contributed by atoms with E-state index in [-0.39, 0.29) is 6.42 Å². The van der Waals surface area contributed by atoms with Crippen molar-refractivity contribution in [3.63, 3.8) is 0 Å². The van der Waals surface area contributed by atoms with E-state index in [4.69, 9.17) is 10.8 Å². The van der Waals surface area contributed by atoms with Crippen molar-refractivity contribution in [2.45, 2.75) is 12.5 Å². The van der Waals surface area contributed by atoms with Gasteiger partial charge in [-0.15, -0.1) is 0 Å². The lowest BCUT2D eigenvalue weighted by Gasteiger charge is -2.04. The van der Waals surface area contributed by atoms with Gasteiger partial charge < -0.3 is 15.6 Å². The molecule has 0 bridgehead atoms. The Labute approximate surface area is 75.0 Å². The summed E-state index contributed by atoms with van der Waals surface area (Å²) >= 11 is 0. The molecule has 0 radical (unpaired) electrons. The maximum Gasteiger partial charge on any atom is 0.165 e. The fraction of sp³-hybridized carbons (Fsp3) is 0.222. The first kappa shape index (κ1) is 9.67. The van der Waals surface area contributed by atoms with Gasteiger partial charge in [-0.05, 0) is 24.1 Å². The zero-order valence-electron chi connectivity index (χ0n) is 6.90. The highest BCUT2D eigenvalue weighted by atomic mass is 19.1. The third-order valence-corrected chi connectivity index (χ3v) is 1.66. The van der Waals surface area contributed by atoms with Crippen molar-refractivity contribution in [2.75, 3.05) is 0 Å². The van der Waals surface area contributed by atoms with Gasteiger partial charge in [0.2, 0.25) is 0 Å². The number of benzene rings is 1. The lowest BCUT2D eigenvalue weighted by atomic mass is 10.1. The zero-order chi connectivity index (χ0) is 9.84. The maximum atomic E-state index is 12.8. The highest BCUT2D eigenvalue weighted by Crippen LogP contribution is 2.16. The molecule has 0 saturated heterocycles. The number of halogens is 1. The molecule has 0 aliphatic rings. The summed E-state index contributed by atoms with van der Waals surface area (Å²) in [6, 6.07) is 3.31. The van der Waals surface area contributed by atoms with E-state index in [2.05, 4.69) is 0 Å². The quantitative estimate of drug-likeness (QED) is 0.674. The zero-order valence-corrected chi connectivity index (χ0v) is 6.90. The highest BCUT2D eigenvalue weighted by molar-refractivity contribution is 5.57. The van der Waals surface area contributed by atoms with Crippen LogP contribution in [0.1, 0.15) is 5.56 Å². The van der Waals surface area contributed by atoms with Gasteiger partial charge in [0.1, 0.15) is 6.29 Å². The molecular weight excluding hydrogens is 173 g/mol. The van der Waals surface area contributed by atoms with Crippen LogP contribution in [0.2, 0.25) is 0 Å². The molecule has 0 aliphatic heterocycles. The lowest BCUT2D eigenvalue weighted by Crippen LogP contribution is -2.24. The van der Waals surface area contributed by atoms with Crippen LogP contribution < -0.4 is 5.73 Å². The predicted octanol–water partition coefficient (Wildman–Crippen LogP) is 0.600. The number of aromatic hydroxyl groups is 1. The molecule has 1 atom stereocenters. The number of hydrogen-bond donors (Lipinski definition) is 2. The largest absolute Gasteiger partial charge is 0.505 e. The van der Waals surface area contributed by atoms with Gasteiger partial charge in [-0.3, -0.25) is 0 Å². The van der Waals surface area contributed by atoms with Crippen molar-refractivity contribution in [3.05, 3.63) is 29.6 Å². The van der Waals surface area contributed by atoms with Crippen molar-refractivity contribution < 1.29 is 14.3 Å². The van der Waals surface area contributed by atoms with Crippen LogP contribution in [0.25, 0.3) is 0 Å². The summed E-state index contributed by atoms with van der Waals surface area (Å²) in [6.07, 6.45) is 0.880. The van der Waals surface area contributed by atoms with E-state index < -0.39 is 17.6 Å². The Bertz CT molecular complexity index is 314. The molecule has 1 aromatic carbocycles. The maximum absolute atomic E-state index is 12.8. The minimum Gasteiger partial charge on any atom is -0.505 e. The van der Waals surface area contributed by atoms with Gasteiger partial charge in [0.15, 0.2) is 11.6 Å². The molecule has 0 unspecified atom stereocenters. The van der Waals surface area contributed by atoms with Gasteiger partial charge in [0.05, 0.1) is 6.04 Å². The Morgan fingerprint density at radius 1 is 1.62 bits per heavy atom. The summed E-state index contributed by atoms with van der Waals surface area (Å²) in [5.74, 6) is -1.10. The molecule has 0 aliphatic carbocycles. The van der Waals surface area contributed by atoms with Crippen molar-refractivity contribution in [3.8, 4) is 5.75 Å². The number of phenols is 1. The number of carbonyl (C=O) groups excluding carboxylic acids is 1. The number of carbonyl (C=O) groups is 1. The SMILES string of the molecule is N[C@H](C=O)Cc1ccc(O)c(F)c1. The first-order chi connectivity index (χ1) is 6.13. The van der Waals surface area contributed by atoms with Crippen molar-refractivity contribution >= 4 is 6.29 Å². The van der Waals surface area contributed by atoms with Crippen LogP contribution >= 0.6 is 0 Å². The Morgan fingerprint density at radius 2 is 2.31 bits per heavy atom. The second kappa shape index (κ2) is 4.00. The highest BCUT2D eigenvalue weighted by Gasteiger charge is 2.05. The van der Waals surface area contributed by atoms with Crippen LogP contribution in [0.3, 0.4) is 0 Å². The molecule has 0 amide bonds. The molecule has 4 heteroatoms. The van der Waals surface area contributed by atoms with Crippen molar-refractivity contribution in [1.82, 2.24) is 0 Å². The topological polar surface area (TPSA) is 63.3 Å². The predicted molar refractivity (Wildman–Crippen MR) is 45.8 cm³/mol. The molecule has 1 aromatic rings. The summed E-state index contributed by atoms with van der Waals surface area (Å²) in [7, 11) is 0. The van der Waals surface area contributed by atoms with E-state index >= 15 is 0 Å². The summed E-state index contributed by atoms with van der Waals surface area (Å²) < 4.78 is 12.8. The van der Waals surface area contributed by atoms with Crippen LogP contribution in [-0.4, -0.2) is 17.4 Å². The summed E-state index contributed by atoms with van der Waals surface area (Å²) in [6.45, 7) is 0. The fourth-order valence-corrected chi connectivity index (χ4v) is 0.998. The molecule has 3 N–H and O–H groups in total. The van der Waals surface area contributed by atoms with Gasteiger partial charge >= 0.3 is 0 Å². The van der Waals surface area contributed by atoms with E-state index in [0.29, 0.717) is 11.8 Å². The minimum atomic E-state index is -0.699. The summed E-state index contributed by atoms with van der Waals surface area (Å²) in [5.41, 5.74) is 5.93. The molecule has 0 heterocycles. The third kappa shape index (κ3) is 2.52. The van der Waals surface area contributed by atoms with Crippen LogP contribution in [0, 0.1) is 5.82 Å². The Kier molecular flexibility index (Phi) is 2.97. The minimum absolute atomic E-state index is 0.278. The summed E-state index contributed by atoms with van der Waals surface area (Å²) in [5, 5.41) is 8.86. The molecule has 0 spiro atoms. The van der Waals surface area contributed by atoms with Gasteiger partial charge in [-0.1, -0.05) is 6.07 Å². The van der Waals surface area contributed by atoms with Gasteiger partial charge in [-0.2, -0.15) is 0 Å². The number of aldehydes is 1. The van der Waals surface area contributed by atoms with E-state index in [1.165, 1.54) is 18.2 Å². The molecule has 70 valence electrons. The first-order valence-electron chi connectivity index (χ1n) is 3.81. The van der Waals surface area contributed by atoms with Gasteiger partial charge in [0.25, 0.3) is 0 Å². The molecule has 0 fully saturated rings. The van der Waals surface area contributed by atoms with E-state index in [1.807, 2.05) is 0 Å². The van der Waals surface area contributed by atoms with E-state index in [0.717, 1.165) is 0 Å². The van der Waals surface area contributed by atoms with E-state index in [1.54, 1.807) is 0 Å². The summed E-state index contributed by atoms with van der Waals surface area (Å²) in [4.78, 5) is 10.2. The van der Waals surface area contributed by atoms with Crippen LogP contribution in [-0.2, 0) is 11.2 Å². The van der Waals surface area contributed by atoms with E-state index in [9.17, 15) is 9.18 Å². The Morgan fingerprint density at radius 3 is 2.85 bits per heavy atom. The first-order valence-corrected chi connectivity index (χ1v) is 3.81. The lowest BCUT2D eigenvalue weighted by molar-refractivity contribution is -0.108. The molecule has 0 saturated carbocycles. The number of hydrogen-bond acceptors (Lipinski definition) is 3. The number of nitrogens with two attached hydrogens (primary N) is 1. The Balaban J connectivity index is 2.79. The molecular formula is C9H10FNO2. The normalized spacial score (nSPS) is 12.5. The third-order valence-electron chi connectivity index (χ3n) is 1.66. The van der Waals surface area contributed by atoms with Crippen LogP contribution in [0.5, 0.6) is 5.75 Å². The number of rotatable bonds is 3. The standard InChI is InChI=1S/C9H10FNO2/c10-8-4-6(1-2-9(8)13)3-7(11)5-12/h1-2,4-5,7,13H,3,11H2/t7-/m0/s1. The second-order valence-electron chi connectivity index (χ2n) is 2.79. The van der Waals surface area contributed by atoms with Crippen LogP contribution in [0.4, 0.5) is 4.39 Å². The van der Waals surface area contributed by atoms with Crippen LogP contribution in [0.15, 0.2) is 18.2 Å². The molecule has 0 aromatic heterocycles. The van der Waals surface area contributed by atoms with Crippen molar-refractivity contribution in [2.24, 2.45) is 5.73 Å². The second-order valence-corrected chi connectivity index (χ2v) is 2.79. The molecule has 13 heavy (non-hydrogen) atoms. The van der Waals surface area contributed by atoms with Gasteiger partial charge in [-0.25, -0.2) is 4.39 Å². The number of phenolic OH excluding ortho intramolecular Hbond substituents is 1. The average Bonchev–Trinajstić information content (AvgIpc) is 2.11. The smallest absolute Gasteiger partial charge is 0.165 e. The molecule has 3 nitrogen and oxygen atoms in total. The monoisotopic (exact) mass is 183 g/mol. The van der Waals surface area contributed by atoms with Gasteiger partial charge in [0, 0.05) is 0 Å².